The number of nitrogens with one attached hydrogen (secondary N) is 1. The molecule has 0 radical (unpaired) electrons. The molecule has 116 valence electrons. The predicted octanol–water partition coefficient (Wildman–Crippen LogP) is 5.05. The van der Waals surface area contributed by atoms with Gasteiger partial charge in [-0.2, -0.15) is 0 Å². The Kier molecular flexibility index (Phi) is 5.21. The summed E-state index contributed by atoms with van der Waals surface area (Å²) in [7, 11) is 0. The summed E-state index contributed by atoms with van der Waals surface area (Å²) in [6.07, 6.45) is 2.14. The van der Waals surface area contributed by atoms with Crippen molar-refractivity contribution in [2.45, 2.75) is 18.9 Å². The van der Waals surface area contributed by atoms with Gasteiger partial charge in [-0.3, -0.25) is 4.79 Å². The van der Waals surface area contributed by atoms with E-state index in [4.69, 9.17) is 0 Å². The molecule has 0 aliphatic carbocycles. The second-order valence-electron chi connectivity index (χ2n) is 5.24. The van der Waals surface area contributed by atoms with Gasteiger partial charge in [-0.05, 0) is 58.4 Å². The van der Waals surface area contributed by atoms with E-state index in [0.29, 0.717) is 6.54 Å². The van der Waals surface area contributed by atoms with E-state index in [2.05, 4.69) is 54.7 Å². The molecule has 3 rings (SSSR count). The number of rotatable bonds is 4. The van der Waals surface area contributed by atoms with Gasteiger partial charge in [0.25, 0.3) is 0 Å². The predicted molar refractivity (Wildman–Crippen MR) is 98.3 cm³/mol. The highest BCUT2D eigenvalue weighted by atomic mass is 79.9. The zero-order chi connectivity index (χ0) is 15.5. The number of carbonyl (C=O) groups excluding carboxylic acids is 1. The van der Waals surface area contributed by atoms with Crippen molar-refractivity contribution in [2.24, 2.45) is 0 Å². The molecule has 1 saturated heterocycles. The van der Waals surface area contributed by atoms with E-state index < -0.39 is 0 Å². The largest absolute Gasteiger partial charge is 0.375 e. The SMILES string of the molecule is O=C(CNc1ccc(Br)cc1Br)N1CCCC1c1cccs1. The molecule has 1 fully saturated rings. The molecular weight excluding hydrogens is 428 g/mol. The highest BCUT2D eigenvalue weighted by Gasteiger charge is 2.30. The Morgan fingerprint density at radius 2 is 2.23 bits per heavy atom. The summed E-state index contributed by atoms with van der Waals surface area (Å²) >= 11 is 8.67. The third-order valence-electron chi connectivity index (χ3n) is 3.81. The molecule has 0 bridgehead atoms. The van der Waals surface area contributed by atoms with Crippen LogP contribution in [-0.4, -0.2) is 23.9 Å². The monoisotopic (exact) mass is 442 g/mol. The minimum Gasteiger partial charge on any atom is -0.375 e. The number of hydrogen-bond donors (Lipinski definition) is 1. The first kappa shape index (κ1) is 16.0. The van der Waals surface area contributed by atoms with Crippen molar-refractivity contribution in [1.29, 1.82) is 0 Å². The van der Waals surface area contributed by atoms with Gasteiger partial charge in [-0.1, -0.05) is 22.0 Å². The number of nitrogens with zero attached hydrogens (tertiary/aromatic N) is 1. The van der Waals surface area contributed by atoms with E-state index in [-0.39, 0.29) is 11.9 Å². The van der Waals surface area contributed by atoms with Crippen molar-refractivity contribution in [2.75, 3.05) is 18.4 Å². The van der Waals surface area contributed by atoms with Crippen LogP contribution in [0.25, 0.3) is 0 Å². The van der Waals surface area contributed by atoms with Gasteiger partial charge in [0.15, 0.2) is 0 Å². The maximum Gasteiger partial charge on any atom is 0.242 e. The fourth-order valence-corrected chi connectivity index (χ4v) is 4.81. The van der Waals surface area contributed by atoms with Crippen LogP contribution >= 0.6 is 43.2 Å². The average Bonchev–Trinajstić information content (AvgIpc) is 3.16. The Hall–Kier alpha value is -0.850. The highest BCUT2D eigenvalue weighted by Crippen LogP contribution is 2.34. The number of carbonyl (C=O) groups is 1. The molecular formula is C16H16Br2N2OS. The lowest BCUT2D eigenvalue weighted by Crippen LogP contribution is -2.34. The summed E-state index contributed by atoms with van der Waals surface area (Å²) in [4.78, 5) is 15.8. The van der Waals surface area contributed by atoms with Gasteiger partial charge < -0.3 is 10.2 Å². The normalized spacial score (nSPS) is 17.7. The summed E-state index contributed by atoms with van der Waals surface area (Å²) in [6.45, 7) is 1.17. The van der Waals surface area contributed by atoms with Crippen LogP contribution in [0.1, 0.15) is 23.8 Å². The molecule has 3 nitrogen and oxygen atoms in total. The van der Waals surface area contributed by atoms with Crippen LogP contribution in [0, 0.1) is 0 Å². The van der Waals surface area contributed by atoms with Gasteiger partial charge in [0.05, 0.1) is 12.6 Å². The van der Waals surface area contributed by atoms with Gasteiger partial charge in [0, 0.05) is 26.1 Å². The summed E-state index contributed by atoms with van der Waals surface area (Å²) in [5.41, 5.74) is 0.934. The smallest absolute Gasteiger partial charge is 0.242 e. The molecule has 2 aromatic rings. The maximum atomic E-state index is 12.5. The lowest BCUT2D eigenvalue weighted by molar-refractivity contribution is -0.130. The molecule has 1 aromatic heterocycles. The molecule has 1 N–H and O–H groups in total. The van der Waals surface area contributed by atoms with Crippen molar-refractivity contribution in [1.82, 2.24) is 4.90 Å². The summed E-state index contributed by atoms with van der Waals surface area (Å²) in [6, 6.07) is 10.3. The van der Waals surface area contributed by atoms with E-state index >= 15 is 0 Å². The first-order valence-corrected chi connectivity index (χ1v) is 9.63. The molecule has 6 heteroatoms. The molecule has 2 heterocycles. The van der Waals surface area contributed by atoms with Crippen molar-refractivity contribution in [3.63, 3.8) is 0 Å². The molecule has 0 spiro atoms. The van der Waals surface area contributed by atoms with Gasteiger partial charge in [-0.15, -0.1) is 11.3 Å². The average molecular weight is 444 g/mol. The van der Waals surface area contributed by atoms with Crippen LogP contribution in [-0.2, 0) is 4.79 Å². The molecule has 1 unspecified atom stereocenters. The topological polar surface area (TPSA) is 32.3 Å². The number of hydrogen-bond acceptors (Lipinski definition) is 3. The first-order chi connectivity index (χ1) is 10.6. The number of benzene rings is 1. The van der Waals surface area contributed by atoms with Gasteiger partial charge in [0.2, 0.25) is 5.91 Å². The minimum atomic E-state index is 0.158. The van der Waals surface area contributed by atoms with Crippen LogP contribution in [0.5, 0.6) is 0 Å². The van der Waals surface area contributed by atoms with Crippen LogP contribution in [0.3, 0.4) is 0 Å². The number of amides is 1. The third kappa shape index (κ3) is 3.55. The van der Waals surface area contributed by atoms with Gasteiger partial charge >= 0.3 is 0 Å². The third-order valence-corrected chi connectivity index (χ3v) is 5.93. The minimum absolute atomic E-state index is 0.158. The van der Waals surface area contributed by atoms with Crippen LogP contribution in [0.4, 0.5) is 5.69 Å². The maximum absolute atomic E-state index is 12.5. The molecule has 22 heavy (non-hydrogen) atoms. The van der Waals surface area contributed by atoms with Crippen LogP contribution < -0.4 is 5.32 Å². The Labute approximate surface area is 151 Å². The van der Waals surface area contributed by atoms with Crippen LogP contribution in [0.2, 0.25) is 0 Å². The van der Waals surface area contributed by atoms with Crippen molar-refractivity contribution >= 4 is 54.8 Å². The summed E-state index contributed by atoms with van der Waals surface area (Å²) in [5.74, 6) is 0.158. The zero-order valence-electron chi connectivity index (χ0n) is 11.9. The fourth-order valence-electron chi connectivity index (χ4n) is 2.75. The van der Waals surface area contributed by atoms with E-state index in [0.717, 1.165) is 34.0 Å². The number of likely N-dealkylation sites (tertiary alicyclic amines) is 1. The standard InChI is InChI=1S/C16H16Br2N2OS/c17-11-5-6-13(12(18)9-11)19-10-16(21)20-7-1-3-14(20)15-4-2-8-22-15/h2,4-6,8-9,14,19H,1,3,7,10H2. The van der Waals surface area contributed by atoms with Crippen molar-refractivity contribution < 1.29 is 4.79 Å². The molecule has 1 aliphatic heterocycles. The van der Waals surface area contributed by atoms with Crippen LogP contribution in [0.15, 0.2) is 44.7 Å². The van der Waals surface area contributed by atoms with Gasteiger partial charge in [0.1, 0.15) is 0 Å². The molecule has 1 amide bonds. The molecule has 1 aliphatic rings. The first-order valence-electron chi connectivity index (χ1n) is 7.17. The lowest BCUT2D eigenvalue weighted by atomic mass is 10.2. The van der Waals surface area contributed by atoms with E-state index in [1.165, 1.54) is 4.88 Å². The van der Waals surface area contributed by atoms with E-state index in [1.54, 1.807) is 11.3 Å². The lowest BCUT2D eigenvalue weighted by Gasteiger charge is -2.24. The number of halogens is 2. The highest BCUT2D eigenvalue weighted by molar-refractivity contribution is 9.11. The fraction of sp³-hybridized carbons (Fsp3) is 0.312. The Balaban J connectivity index is 1.64. The van der Waals surface area contributed by atoms with E-state index in [9.17, 15) is 4.79 Å². The summed E-state index contributed by atoms with van der Waals surface area (Å²) in [5, 5.41) is 5.30. The Bertz CT molecular complexity index is 660. The van der Waals surface area contributed by atoms with Crippen molar-refractivity contribution in [3.05, 3.63) is 49.5 Å². The summed E-state index contributed by atoms with van der Waals surface area (Å²) < 4.78 is 1.96. The number of thiophene rings is 1. The van der Waals surface area contributed by atoms with Crippen molar-refractivity contribution in [3.8, 4) is 0 Å². The molecule has 0 saturated carbocycles. The molecule has 1 atom stereocenters. The Morgan fingerprint density at radius 1 is 1.36 bits per heavy atom. The second-order valence-corrected chi connectivity index (χ2v) is 7.99. The molecule has 1 aromatic carbocycles. The number of anilines is 1. The zero-order valence-corrected chi connectivity index (χ0v) is 15.9. The van der Waals surface area contributed by atoms with Gasteiger partial charge in [-0.25, -0.2) is 0 Å². The second kappa shape index (κ2) is 7.15. The Morgan fingerprint density at radius 3 is 2.95 bits per heavy atom. The quantitative estimate of drug-likeness (QED) is 0.716. The van der Waals surface area contributed by atoms with E-state index in [1.807, 2.05) is 23.1 Å².